The van der Waals surface area contributed by atoms with Crippen LogP contribution in [0.15, 0.2) is 24.3 Å². The minimum Gasteiger partial charge on any atom is -0.481 e. The van der Waals surface area contributed by atoms with E-state index in [1.54, 1.807) is 38.4 Å². The molecule has 1 aromatic carbocycles. The van der Waals surface area contributed by atoms with E-state index >= 15 is 0 Å². The predicted molar refractivity (Wildman–Crippen MR) is 76.3 cm³/mol. The molecule has 21 heavy (non-hydrogen) atoms. The van der Waals surface area contributed by atoms with Gasteiger partial charge in [0.1, 0.15) is 5.92 Å². The summed E-state index contributed by atoms with van der Waals surface area (Å²) in [5.41, 5.74) is 1.18. The minimum absolute atomic E-state index is 0.0661. The Kier molecular flexibility index (Phi) is 4.11. The van der Waals surface area contributed by atoms with Crippen LogP contribution in [0.4, 0.5) is 10.5 Å². The van der Waals surface area contributed by atoms with Crippen LogP contribution < -0.4 is 10.2 Å². The largest absolute Gasteiger partial charge is 0.481 e. The zero-order valence-electron chi connectivity index (χ0n) is 11.9. The number of fused-ring (bicyclic) bond motifs is 1. The Hall–Kier alpha value is -2.57. The van der Waals surface area contributed by atoms with E-state index in [1.165, 1.54) is 9.80 Å². The van der Waals surface area contributed by atoms with Crippen molar-refractivity contribution in [1.29, 1.82) is 0 Å². The van der Waals surface area contributed by atoms with E-state index in [2.05, 4.69) is 5.32 Å². The quantitative estimate of drug-likeness (QED) is 0.847. The summed E-state index contributed by atoms with van der Waals surface area (Å²) in [4.78, 5) is 37.6. The summed E-state index contributed by atoms with van der Waals surface area (Å²) in [5, 5.41) is 11.7. The van der Waals surface area contributed by atoms with Gasteiger partial charge in [-0.2, -0.15) is 0 Å². The molecule has 2 N–H and O–H groups in total. The average Bonchev–Trinajstić information content (AvgIpc) is 2.84. The maximum Gasteiger partial charge on any atom is 0.322 e. The fraction of sp³-hybridized carbons (Fsp3) is 0.357. The number of urea groups is 1. The molecule has 0 saturated carbocycles. The summed E-state index contributed by atoms with van der Waals surface area (Å²) in [6.45, 7) is -0.0566. The number of aliphatic carboxylic acids is 1. The number of carboxylic acid groups (broad SMARTS) is 1. The van der Waals surface area contributed by atoms with Crippen LogP contribution in [0.3, 0.4) is 0 Å². The number of carbonyl (C=O) groups is 3. The molecular formula is C14H17N3O4. The lowest BCUT2D eigenvalue weighted by atomic mass is 10.0. The first-order valence-corrected chi connectivity index (χ1v) is 6.49. The fourth-order valence-electron chi connectivity index (χ4n) is 2.22. The van der Waals surface area contributed by atoms with Crippen LogP contribution in [0.1, 0.15) is 11.5 Å². The van der Waals surface area contributed by atoms with E-state index in [9.17, 15) is 19.5 Å². The Balaban J connectivity index is 2.13. The van der Waals surface area contributed by atoms with Gasteiger partial charge in [0.05, 0.1) is 6.54 Å². The molecule has 1 aliphatic heterocycles. The van der Waals surface area contributed by atoms with E-state index < -0.39 is 17.9 Å². The molecule has 0 radical (unpaired) electrons. The van der Waals surface area contributed by atoms with Crippen molar-refractivity contribution in [2.45, 2.75) is 5.92 Å². The molecule has 0 saturated heterocycles. The van der Waals surface area contributed by atoms with Gasteiger partial charge in [-0.25, -0.2) is 4.79 Å². The van der Waals surface area contributed by atoms with Crippen molar-refractivity contribution < 1.29 is 19.5 Å². The zero-order chi connectivity index (χ0) is 15.6. The van der Waals surface area contributed by atoms with Gasteiger partial charge in [-0.15, -0.1) is 0 Å². The number of hydrogen-bond donors (Lipinski definition) is 2. The Morgan fingerprint density at radius 1 is 1.33 bits per heavy atom. The highest BCUT2D eigenvalue weighted by molar-refractivity contribution is 5.99. The molecule has 2 rings (SSSR count). The van der Waals surface area contributed by atoms with Gasteiger partial charge in [0.25, 0.3) is 0 Å². The molecule has 3 amide bonds. The predicted octanol–water partition coefficient (Wildman–Crippen LogP) is 0.473. The Bertz CT molecular complexity index is 585. The number of likely N-dealkylation sites (N-methyl/N-ethyl adjacent to an activating group) is 1. The summed E-state index contributed by atoms with van der Waals surface area (Å²) < 4.78 is 0. The number of rotatable bonds is 3. The maximum absolute atomic E-state index is 12.2. The molecule has 0 fully saturated rings. The molecule has 7 heteroatoms. The third-order valence-corrected chi connectivity index (χ3v) is 3.40. The summed E-state index contributed by atoms with van der Waals surface area (Å²) in [6.07, 6.45) is 0. The SMILES string of the molecule is CN(C)C(=O)CNC(=O)N1CC(C(=O)O)c2ccccc21. The number of carbonyl (C=O) groups excluding carboxylic acids is 2. The van der Waals surface area contributed by atoms with E-state index in [4.69, 9.17) is 0 Å². The average molecular weight is 291 g/mol. The van der Waals surface area contributed by atoms with Gasteiger partial charge >= 0.3 is 12.0 Å². The van der Waals surface area contributed by atoms with Crippen LogP contribution >= 0.6 is 0 Å². The molecule has 0 bridgehead atoms. The lowest BCUT2D eigenvalue weighted by molar-refractivity contribution is -0.138. The lowest BCUT2D eigenvalue weighted by Gasteiger charge is -2.19. The van der Waals surface area contributed by atoms with Gasteiger partial charge < -0.3 is 15.3 Å². The third kappa shape index (κ3) is 2.96. The molecule has 1 unspecified atom stereocenters. The van der Waals surface area contributed by atoms with Gasteiger partial charge in [-0.3, -0.25) is 14.5 Å². The zero-order valence-corrected chi connectivity index (χ0v) is 11.9. The van der Waals surface area contributed by atoms with E-state index in [0.29, 0.717) is 11.3 Å². The number of nitrogens with one attached hydrogen (secondary N) is 1. The summed E-state index contributed by atoms with van der Waals surface area (Å²) in [6, 6.07) is 6.42. The molecule has 1 aliphatic rings. The highest BCUT2D eigenvalue weighted by atomic mass is 16.4. The Morgan fingerprint density at radius 3 is 2.62 bits per heavy atom. The Morgan fingerprint density at radius 2 is 2.00 bits per heavy atom. The summed E-state index contributed by atoms with van der Waals surface area (Å²) >= 11 is 0. The first kappa shape index (κ1) is 14.8. The molecule has 0 aliphatic carbocycles. The number of nitrogens with zero attached hydrogens (tertiary/aromatic N) is 2. The molecule has 112 valence electrons. The van der Waals surface area contributed by atoms with Crippen molar-refractivity contribution in [2.75, 3.05) is 32.1 Å². The van der Waals surface area contributed by atoms with Crippen molar-refractivity contribution >= 4 is 23.6 Å². The van der Waals surface area contributed by atoms with E-state index in [0.717, 1.165) is 0 Å². The number of para-hydroxylation sites is 1. The molecular weight excluding hydrogens is 274 g/mol. The van der Waals surface area contributed by atoms with Gasteiger partial charge in [-0.05, 0) is 11.6 Å². The lowest BCUT2D eigenvalue weighted by Crippen LogP contribution is -2.44. The second-order valence-corrected chi connectivity index (χ2v) is 5.01. The van der Waals surface area contributed by atoms with Crippen molar-refractivity contribution in [3.8, 4) is 0 Å². The third-order valence-electron chi connectivity index (χ3n) is 3.40. The van der Waals surface area contributed by atoms with E-state index in [1.807, 2.05) is 0 Å². The number of amides is 3. The molecule has 0 spiro atoms. The van der Waals surface area contributed by atoms with Gasteiger partial charge in [0.2, 0.25) is 5.91 Å². The molecule has 7 nitrogen and oxygen atoms in total. The maximum atomic E-state index is 12.2. The van der Waals surface area contributed by atoms with Crippen molar-refractivity contribution in [2.24, 2.45) is 0 Å². The first-order chi connectivity index (χ1) is 9.91. The van der Waals surface area contributed by atoms with Crippen LogP contribution in [-0.4, -0.2) is 55.1 Å². The van der Waals surface area contributed by atoms with Crippen LogP contribution in [0.5, 0.6) is 0 Å². The molecule has 1 atom stereocenters. The normalized spacial score (nSPS) is 16.3. The van der Waals surface area contributed by atoms with Crippen LogP contribution in [0.25, 0.3) is 0 Å². The highest BCUT2D eigenvalue weighted by Crippen LogP contribution is 2.36. The summed E-state index contributed by atoms with van der Waals surface area (Å²) in [7, 11) is 3.19. The molecule has 0 aromatic heterocycles. The summed E-state index contributed by atoms with van der Waals surface area (Å²) in [5.74, 6) is -1.94. The second kappa shape index (κ2) is 5.82. The number of carboxylic acids is 1. The number of anilines is 1. The van der Waals surface area contributed by atoms with Crippen LogP contribution in [-0.2, 0) is 9.59 Å². The molecule has 1 heterocycles. The van der Waals surface area contributed by atoms with Gasteiger partial charge in [-0.1, -0.05) is 18.2 Å². The first-order valence-electron chi connectivity index (χ1n) is 6.49. The smallest absolute Gasteiger partial charge is 0.322 e. The monoisotopic (exact) mass is 291 g/mol. The van der Waals surface area contributed by atoms with Gasteiger partial charge in [0.15, 0.2) is 0 Å². The standard InChI is InChI=1S/C14H17N3O4/c1-16(2)12(18)7-15-14(21)17-8-10(13(19)20)9-5-3-4-6-11(9)17/h3-6,10H,7-8H2,1-2H3,(H,15,21)(H,19,20). The molecule has 1 aromatic rings. The minimum atomic E-state index is -0.970. The van der Waals surface area contributed by atoms with Crippen molar-refractivity contribution in [1.82, 2.24) is 10.2 Å². The number of benzene rings is 1. The second-order valence-electron chi connectivity index (χ2n) is 5.01. The van der Waals surface area contributed by atoms with Crippen LogP contribution in [0, 0.1) is 0 Å². The van der Waals surface area contributed by atoms with Crippen LogP contribution in [0.2, 0.25) is 0 Å². The Labute approximate surface area is 122 Å². The number of hydrogen-bond acceptors (Lipinski definition) is 3. The topological polar surface area (TPSA) is 90.0 Å². The fourth-order valence-corrected chi connectivity index (χ4v) is 2.22. The highest BCUT2D eigenvalue weighted by Gasteiger charge is 2.36. The van der Waals surface area contributed by atoms with Crippen molar-refractivity contribution in [3.05, 3.63) is 29.8 Å². The van der Waals surface area contributed by atoms with Gasteiger partial charge in [0, 0.05) is 26.3 Å². The van der Waals surface area contributed by atoms with E-state index in [-0.39, 0.29) is 19.0 Å². The van der Waals surface area contributed by atoms with Crippen molar-refractivity contribution in [3.63, 3.8) is 0 Å².